The summed E-state index contributed by atoms with van der Waals surface area (Å²) in [7, 11) is -0.848. The van der Waals surface area contributed by atoms with Crippen LogP contribution in [0.1, 0.15) is 31.1 Å². The van der Waals surface area contributed by atoms with Gasteiger partial charge in [-0.15, -0.1) is 0 Å². The maximum Gasteiger partial charge on any atom is 0.241 e. The summed E-state index contributed by atoms with van der Waals surface area (Å²) in [5.41, 5.74) is 2.28. The highest BCUT2D eigenvalue weighted by Crippen LogP contribution is 2.27. The molecule has 0 radical (unpaired) electrons. The molecule has 2 rings (SSSR count). The fourth-order valence-electron chi connectivity index (χ4n) is 2.51. The molecule has 1 aromatic carbocycles. The third-order valence-electron chi connectivity index (χ3n) is 3.74. The van der Waals surface area contributed by atoms with Crippen molar-refractivity contribution in [2.24, 2.45) is 0 Å². The number of rotatable bonds is 5. The number of benzene rings is 1. The molecule has 0 aromatic heterocycles. The van der Waals surface area contributed by atoms with Crippen molar-refractivity contribution < 1.29 is 9.00 Å². The third-order valence-corrected chi connectivity index (χ3v) is 5.02. The second-order valence-electron chi connectivity index (χ2n) is 5.11. The van der Waals surface area contributed by atoms with Gasteiger partial charge in [-0.2, -0.15) is 0 Å². The van der Waals surface area contributed by atoms with Crippen molar-refractivity contribution in [1.82, 2.24) is 10.2 Å². The van der Waals surface area contributed by atoms with E-state index >= 15 is 0 Å². The van der Waals surface area contributed by atoms with Crippen LogP contribution in [0.25, 0.3) is 0 Å². The smallest absolute Gasteiger partial charge is 0.241 e. The molecule has 1 aromatic rings. The molecule has 20 heavy (non-hydrogen) atoms. The molecule has 3 unspecified atom stereocenters. The summed E-state index contributed by atoms with van der Waals surface area (Å²) in [5.74, 6) is 1.27. The number of hydrogen-bond acceptors (Lipinski definition) is 3. The molecular formula is C15H22N2O2S. The lowest BCUT2D eigenvalue weighted by Gasteiger charge is -2.25. The predicted molar refractivity (Wildman–Crippen MR) is 81.8 cm³/mol. The van der Waals surface area contributed by atoms with Gasteiger partial charge in [-0.25, -0.2) is 0 Å². The van der Waals surface area contributed by atoms with E-state index < -0.39 is 10.8 Å². The summed E-state index contributed by atoms with van der Waals surface area (Å²) in [6, 6.07) is 7.89. The van der Waals surface area contributed by atoms with E-state index in [0.717, 1.165) is 11.1 Å². The first-order valence-electron chi connectivity index (χ1n) is 7.01. The monoisotopic (exact) mass is 294 g/mol. The predicted octanol–water partition coefficient (Wildman–Crippen LogP) is 1.58. The summed E-state index contributed by atoms with van der Waals surface area (Å²) in [5, 5.41) is 3.33. The van der Waals surface area contributed by atoms with Gasteiger partial charge >= 0.3 is 0 Å². The van der Waals surface area contributed by atoms with Crippen molar-refractivity contribution in [2.75, 3.05) is 18.1 Å². The second-order valence-corrected chi connectivity index (χ2v) is 6.98. The Balaban J connectivity index is 2.20. The van der Waals surface area contributed by atoms with Crippen molar-refractivity contribution in [3.8, 4) is 0 Å². The minimum Gasteiger partial charge on any atom is -0.321 e. The number of amides is 1. The molecule has 0 aliphatic carbocycles. The van der Waals surface area contributed by atoms with Crippen LogP contribution in [0.2, 0.25) is 0 Å². The van der Waals surface area contributed by atoms with Gasteiger partial charge in [0.2, 0.25) is 5.91 Å². The third kappa shape index (κ3) is 3.10. The SMILES string of the molecule is CCS(=O)CCN1C(=O)C(C)NC1c1ccccc1C. The maximum absolute atomic E-state index is 12.3. The number of carbonyl (C=O) groups excluding carboxylic acids is 1. The van der Waals surface area contributed by atoms with E-state index in [1.54, 1.807) is 0 Å². The Morgan fingerprint density at radius 2 is 2.05 bits per heavy atom. The van der Waals surface area contributed by atoms with E-state index in [1.807, 2.05) is 49.9 Å². The molecule has 1 aliphatic heterocycles. The van der Waals surface area contributed by atoms with E-state index in [1.165, 1.54) is 0 Å². The molecule has 0 spiro atoms. The lowest BCUT2D eigenvalue weighted by molar-refractivity contribution is -0.129. The van der Waals surface area contributed by atoms with Crippen LogP contribution in [0.5, 0.6) is 0 Å². The number of nitrogens with zero attached hydrogens (tertiary/aromatic N) is 1. The molecule has 5 heteroatoms. The Kier molecular flexibility index (Phi) is 4.94. The average Bonchev–Trinajstić information content (AvgIpc) is 2.72. The molecule has 3 atom stereocenters. The first kappa shape index (κ1) is 15.2. The van der Waals surface area contributed by atoms with Gasteiger partial charge in [-0.1, -0.05) is 31.2 Å². The summed E-state index contributed by atoms with van der Waals surface area (Å²) >= 11 is 0. The highest BCUT2D eigenvalue weighted by Gasteiger charge is 2.37. The number of hydrogen-bond donors (Lipinski definition) is 1. The minimum absolute atomic E-state index is 0.0892. The topological polar surface area (TPSA) is 49.4 Å². The molecule has 1 aliphatic rings. The molecular weight excluding hydrogens is 272 g/mol. The zero-order valence-electron chi connectivity index (χ0n) is 12.3. The van der Waals surface area contributed by atoms with E-state index in [4.69, 9.17) is 0 Å². The van der Waals surface area contributed by atoms with Crippen LogP contribution in [-0.2, 0) is 15.6 Å². The lowest BCUT2D eigenvalue weighted by Crippen LogP contribution is -2.34. The van der Waals surface area contributed by atoms with Crippen LogP contribution in [-0.4, -0.2) is 39.1 Å². The Labute approximate surface area is 123 Å². The molecule has 110 valence electrons. The molecule has 1 fully saturated rings. The number of aryl methyl sites for hydroxylation is 1. The van der Waals surface area contributed by atoms with Gasteiger partial charge < -0.3 is 4.90 Å². The largest absolute Gasteiger partial charge is 0.321 e. The van der Waals surface area contributed by atoms with Gasteiger partial charge in [-0.05, 0) is 25.0 Å². The Hall–Kier alpha value is -1.20. The van der Waals surface area contributed by atoms with E-state index in [9.17, 15) is 9.00 Å². The van der Waals surface area contributed by atoms with Crippen LogP contribution >= 0.6 is 0 Å². The fourth-order valence-corrected chi connectivity index (χ4v) is 3.20. The fraction of sp³-hybridized carbons (Fsp3) is 0.533. The van der Waals surface area contributed by atoms with Crippen LogP contribution < -0.4 is 5.32 Å². The summed E-state index contributed by atoms with van der Waals surface area (Å²) in [4.78, 5) is 14.1. The molecule has 0 bridgehead atoms. The highest BCUT2D eigenvalue weighted by atomic mass is 32.2. The Bertz CT molecular complexity index is 518. The van der Waals surface area contributed by atoms with Crippen molar-refractivity contribution in [1.29, 1.82) is 0 Å². The van der Waals surface area contributed by atoms with E-state index in [2.05, 4.69) is 5.32 Å². The Morgan fingerprint density at radius 1 is 1.35 bits per heavy atom. The minimum atomic E-state index is -0.848. The van der Waals surface area contributed by atoms with Crippen molar-refractivity contribution >= 4 is 16.7 Å². The van der Waals surface area contributed by atoms with Crippen LogP contribution in [0.3, 0.4) is 0 Å². The zero-order chi connectivity index (χ0) is 14.7. The molecule has 4 nitrogen and oxygen atoms in total. The van der Waals surface area contributed by atoms with E-state index in [-0.39, 0.29) is 18.1 Å². The number of nitrogens with one attached hydrogen (secondary N) is 1. The summed E-state index contributed by atoms with van der Waals surface area (Å²) in [6.45, 7) is 6.37. The van der Waals surface area contributed by atoms with Gasteiger partial charge in [0.15, 0.2) is 0 Å². The van der Waals surface area contributed by atoms with E-state index in [0.29, 0.717) is 18.1 Å². The normalized spacial score (nSPS) is 24.1. The first-order chi connectivity index (χ1) is 9.54. The van der Waals surface area contributed by atoms with Crippen LogP contribution in [0.4, 0.5) is 0 Å². The van der Waals surface area contributed by atoms with Gasteiger partial charge in [-0.3, -0.25) is 14.3 Å². The Morgan fingerprint density at radius 3 is 2.70 bits per heavy atom. The zero-order valence-corrected chi connectivity index (χ0v) is 13.1. The summed E-state index contributed by atoms with van der Waals surface area (Å²) in [6.07, 6.45) is -0.104. The lowest BCUT2D eigenvalue weighted by atomic mass is 10.1. The number of carbonyl (C=O) groups is 1. The van der Waals surface area contributed by atoms with Crippen LogP contribution in [0.15, 0.2) is 24.3 Å². The van der Waals surface area contributed by atoms with Gasteiger partial charge in [0, 0.05) is 28.9 Å². The summed E-state index contributed by atoms with van der Waals surface area (Å²) < 4.78 is 11.6. The molecule has 1 heterocycles. The van der Waals surface area contributed by atoms with Crippen molar-refractivity contribution in [2.45, 2.75) is 33.0 Å². The van der Waals surface area contributed by atoms with Crippen molar-refractivity contribution in [3.63, 3.8) is 0 Å². The molecule has 1 amide bonds. The average molecular weight is 294 g/mol. The quantitative estimate of drug-likeness (QED) is 0.897. The molecule has 1 N–H and O–H groups in total. The van der Waals surface area contributed by atoms with Crippen molar-refractivity contribution in [3.05, 3.63) is 35.4 Å². The maximum atomic E-state index is 12.3. The second kappa shape index (κ2) is 6.50. The van der Waals surface area contributed by atoms with Gasteiger partial charge in [0.1, 0.15) is 6.17 Å². The van der Waals surface area contributed by atoms with Gasteiger partial charge in [0.05, 0.1) is 6.04 Å². The van der Waals surface area contributed by atoms with Gasteiger partial charge in [0.25, 0.3) is 0 Å². The first-order valence-corrected chi connectivity index (χ1v) is 8.50. The standard InChI is InChI=1S/C15H22N2O2S/c1-4-20(19)10-9-17-14(16-12(3)15(17)18)13-8-6-5-7-11(13)2/h5-8,12,14,16H,4,9-10H2,1-3H3. The molecule has 1 saturated heterocycles. The highest BCUT2D eigenvalue weighted by molar-refractivity contribution is 7.84. The van der Waals surface area contributed by atoms with Crippen LogP contribution in [0, 0.1) is 6.92 Å². The molecule has 0 saturated carbocycles.